The summed E-state index contributed by atoms with van der Waals surface area (Å²) in [5.74, 6) is 0. The predicted octanol–water partition coefficient (Wildman–Crippen LogP) is 3.01. The zero-order valence-corrected chi connectivity index (χ0v) is 15.0. The molecule has 1 N–H and O–H groups in total. The van der Waals surface area contributed by atoms with Crippen molar-refractivity contribution in [1.29, 1.82) is 0 Å². The Morgan fingerprint density at radius 3 is 2.88 bits per heavy atom. The van der Waals surface area contributed by atoms with Gasteiger partial charge < -0.3 is 14.7 Å². The lowest BCUT2D eigenvalue weighted by Crippen LogP contribution is -2.34. The fourth-order valence-electron chi connectivity index (χ4n) is 3.48. The molecular formula is C21H28N2O2. The number of aliphatic hydroxyl groups excluding tert-OH is 1. The molecule has 2 atom stereocenters. The maximum atomic E-state index is 10.3. The van der Waals surface area contributed by atoms with E-state index in [-0.39, 0.29) is 6.10 Å². The summed E-state index contributed by atoms with van der Waals surface area (Å²) in [6.07, 6.45) is 7.60. The van der Waals surface area contributed by atoms with Gasteiger partial charge in [-0.15, -0.1) is 0 Å². The Morgan fingerprint density at radius 2 is 2.04 bits per heavy atom. The molecule has 4 nitrogen and oxygen atoms in total. The number of fused-ring (bicyclic) bond motifs is 1. The lowest BCUT2D eigenvalue weighted by Gasteiger charge is -2.27. The molecule has 2 unspecified atom stereocenters. The number of hydrogen-bond donors (Lipinski definition) is 1. The Labute approximate surface area is 150 Å². The molecule has 0 amide bonds. The first kappa shape index (κ1) is 18.1. The van der Waals surface area contributed by atoms with Crippen LogP contribution < -0.4 is 0 Å². The zero-order valence-electron chi connectivity index (χ0n) is 15.0. The second kappa shape index (κ2) is 9.09. The molecule has 0 saturated heterocycles. The predicted molar refractivity (Wildman–Crippen MR) is 99.5 cm³/mol. The third-order valence-electron chi connectivity index (χ3n) is 4.86. The average Bonchev–Trinajstić information content (AvgIpc) is 2.65. The number of rotatable bonds is 8. The van der Waals surface area contributed by atoms with E-state index in [0.717, 1.165) is 32.2 Å². The summed E-state index contributed by atoms with van der Waals surface area (Å²) in [6.45, 7) is 1.92. The maximum Gasteiger partial charge on any atom is 0.0900 e. The minimum Gasteiger partial charge on any atom is -0.389 e. The second-order valence-corrected chi connectivity index (χ2v) is 6.93. The second-order valence-electron chi connectivity index (χ2n) is 6.93. The van der Waals surface area contributed by atoms with Gasteiger partial charge in [-0.1, -0.05) is 24.3 Å². The lowest BCUT2D eigenvalue weighted by atomic mass is 9.89. The fourth-order valence-corrected chi connectivity index (χ4v) is 3.48. The highest BCUT2D eigenvalue weighted by molar-refractivity contribution is 5.31. The van der Waals surface area contributed by atoms with E-state index < -0.39 is 6.10 Å². The Kier molecular flexibility index (Phi) is 6.56. The van der Waals surface area contributed by atoms with Crippen molar-refractivity contribution in [2.24, 2.45) is 0 Å². The largest absolute Gasteiger partial charge is 0.389 e. The van der Waals surface area contributed by atoms with Crippen LogP contribution in [0.3, 0.4) is 0 Å². The summed E-state index contributed by atoms with van der Waals surface area (Å²) < 4.78 is 6.05. The molecule has 0 aliphatic heterocycles. The van der Waals surface area contributed by atoms with Gasteiger partial charge in [0.05, 0.1) is 18.8 Å². The van der Waals surface area contributed by atoms with E-state index in [1.54, 1.807) is 0 Å². The van der Waals surface area contributed by atoms with Gasteiger partial charge in [-0.25, -0.2) is 0 Å². The molecule has 1 aliphatic carbocycles. The van der Waals surface area contributed by atoms with Crippen molar-refractivity contribution in [3.05, 3.63) is 65.5 Å². The van der Waals surface area contributed by atoms with Gasteiger partial charge in [-0.05, 0) is 61.6 Å². The Morgan fingerprint density at radius 1 is 1.24 bits per heavy atom. The van der Waals surface area contributed by atoms with E-state index >= 15 is 0 Å². The number of aryl methyl sites for hydroxylation is 1. The minimum atomic E-state index is -0.462. The molecule has 1 heterocycles. The molecule has 0 radical (unpaired) electrons. The summed E-state index contributed by atoms with van der Waals surface area (Å²) in [5, 5.41) is 10.3. The summed E-state index contributed by atoms with van der Waals surface area (Å²) in [4.78, 5) is 6.19. The SMILES string of the molecule is CN(CCc1ccncc1)CC(O)COC1CCCc2ccccc21. The molecule has 2 aromatic rings. The summed E-state index contributed by atoms with van der Waals surface area (Å²) in [7, 11) is 2.04. The van der Waals surface area contributed by atoms with Crippen LogP contribution in [-0.2, 0) is 17.6 Å². The molecule has 134 valence electrons. The van der Waals surface area contributed by atoms with Crippen molar-refractivity contribution in [3.8, 4) is 0 Å². The van der Waals surface area contributed by atoms with Crippen LogP contribution in [0.5, 0.6) is 0 Å². The van der Waals surface area contributed by atoms with Crippen LogP contribution in [0.4, 0.5) is 0 Å². The topological polar surface area (TPSA) is 45.6 Å². The first-order valence-corrected chi connectivity index (χ1v) is 9.17. The number of pyridine rings is 1. The monoisotopic (exact) mass is 340 g/mol. The smallest absolute Gasteiger partial charge is 0.0900 e. The fraction of sp³-hybridized carbons (Fsp3) is 0.476. The summed E-state index contributed by atoms with van der Waals surface area (Å²) in [5.41, 5.74) is 3.96. The first-order chi connectivity index (χ1) is 12.2. The third kappa shape index (κ3) is 5.36. The molecule has 1 aliphatic rings. The van der Waals surface area contributed by atoms with Gasteiger partial charge in [0.1, 0.15) is 0 Å². The van der Waals surface area contributed by atoms with Gasteiger partial charge in [0.25, 0.3) is 0 Å². The average molecular weight is 340 g/mol. The summed E-state index contributed by atoms with van der Waals surface area (Å²) in [6, 6.07) is 12.6. The van der Waals surface area contributed by atoms with Crippen LogP contribution in [0, 0.1) is 0 Å². The molecule has 4 heteroatoms. The highest BCUT2D eigenvalue weighted by atomic mass is 16.5. The van der Waals surface area contributed by atoms with Gasteiger partial charge in [-0.2, -0.15) is 0 Å². The van der Waals surface area contributed by atoms with E-state index in [0.29, 0.717) is 13.2 Å². The molecule has 0 bridgehead atoms. The van der Waals surface area contributed by atoms with Crippen molar-refractivity contribution in [2.45, 2.75) is 37.9 Å². The molecule has 0 fully saturated rings. The van der Waals surface area contributed by atoms with Crippen LogP contribution in [0.2, 0.25) is 0 Å². The van der Waals surface area contributed by atoms with E-state index in [1.165, 1.54) is 16.7 Å². The number of hydrogen-bond acceptors (Lipinski definition) is 4. The van der Waals surface area contributed by atoms with Crippen LogP contribution in [0.1, 0.15) is 35.6 Å². The van der Waals surface area contributed by atoms with Crippen LogP contribution in [-0.4, -0.2) is 47.8 Å². The lowest BCUT2D eigenvalue weighted by molar-refractivity contribution is -0.0258. The number of ether oxygens (including phenoxy) is 1. The molecule has 1 aromatic heterocycles. The van der Waals surface area contributed by atoms with Crippen molar-refractivity contribution in [3.63, 3.8) is 0 Å². The standard InChI is InChI=1S/C21H28N2O2/c1-23(14-11-17-9-12-22-13-10-17)15-19(24)16-25-21-8-4-6-18-5-2-3-7-20(18)21/h2-3,5,7,9-10,12-13,19,21,24H,4,6,8,11,14-16H2,1H3. The highest BCUT2D eigenvalue weighted by Gasteiger charge is 2.21. The molecule has 0 saturated carbocycles. The number of aliphatic hydroxyl groups is 1. The zero-order chi connectivity index (χ0) is 17.5. The van der Waals surface area contributed by atoms with Gasteiger partial charge in [0, 0.05) is 25.5 Å². The van der Waals surface area contributed by atoms with E-state index in [1.807, 2.05) is 31.6 Å². The quantitative estimate of drug-likeness (QED) is 0.802. The normalized spacial score (nSPS) is 18.1. The van der Waals surface area contributed by atoms with Crippen LogP contribution in [0.25, 0.3) is 0 Å². The summed E-state index contributed by atoms with van der Waals surface area (Å²) >= 11 is 0. The number of likely N-dealkylation sites (N-methyl/N-ethyl adjacent to an activating group) is 1. The maximum absolute atomic E-state index is 10.3. The van der Waals surface area contributed by atoms with Gasteiger partial charge in [0.2, 0.25) is 0 Å². The van der Waals surface area contributed by atoms with Gasteiger partial charge in [0.15, 0.2) is 0 Å². The number of benzene rings is 1. The van der Waals surface area contributed by atoms with Crippen molar-refractivity contribution >= 4 is 0 Å². The van der Waals surface area contributed by atoms with Gasteiger partial charge >= 0.3 is 0 Å². The van der Waals surface area contributed by atoms with E-state index in [9.17, 15) is 5.11 Å². The molecule has 3 rings (SSSR count). The van der Waals surface area contributed by atoms with E-state index in [4.69, 9.17) is 4.74 Å². The third-order valence-corrected chi connectivity index (χ3v) is 4.86. The molecular weight excluding hydrogens is 312 g/mol. The Bertz CT molecular complexity index is 647. The Balaban J connectivity index is 1.41. The van der Waals surface area contributed by atoms with Crippen LogP contribution in [0.15, 0.2) is 48.8 Å². The molecule has 1 aromatic carbocycles. The Hall–Kier alpha value is -1.75. The minimum absolute atomic E-state index is 0.127. The molecule has 0 spiro atoms. The first-order valence-electron chi connectivity index (χ1n) is 9.17. The number of aromatic nitrogens is 1. The van der Waals surface area contributed by atoms with Crippen molar-refractivity contribution < 1.29 is 9.84 Å². The van der Waals surface area contributed by atoms with Crippen molar-refractivity contribution in [2.75, 3.05) is 26.7 Å². The van der Waals surface area contributed by atoms with E-state index in [2.05, 4.69) is 34.1 Å². The molecule has 25 heavy (non-hydrogen) atoms. The number of nitrogens with zero attached hydrogens (tertiary/aromatic N) is 2. The van der Waals surface area contributed by atoms with Gasteiger partial charge in [-0.3, -0.25) is 4.98 Å². The van der Waals surface area contributed by atoms with Crippen molar-refractivity contribution in [1.82, 2.24) is 9.88 Å². The van der Waals surface area contributed by atoms with Crippen LogP contribution >= 0.6 is 0 Å². The highest BCUT2D eigenvalue weighted by Crippen LogP contribution is 2.32.